The van der Waals surface area contributed by atoms with Crippen molar-refractivity contribution in [1.29, 1.82) is 0 Å². The molecule has 1 aromatic rings. The molecule has 1 amide bonds. The molecule has 0 aromatic heterocycles. The summed E-state index contributed by atoms with van der Waals surface area (Å²) in [6, 6.07) is 8.13. The van der Waals surface area contributed by atoms with Crippen LogP contribution in [0.5, 0.6) is 5.75 Å². The van der Waals surface area contributed by atoms with Crippen LogP contribution in [0.4, 0.5) is 5.69 Å². The number of carbonyl (C=O) groups excluding carboxylic acids is 1. The van der Waals surface area contributed by atoms with Gasteiger partial charge in [-0.1, -0.05) is 32.9 Å². The molecule has 0 unspecified atom stereocenters. The second-order valence-corrected chi connectivity index (χ2v) is 14.9. The lowest BCUT2D eigenvalue weighted by Gasteiger charge is -2.62. The Hall–Kier alpha value is -1.79. The molecule has 0 spiro atoms. The van der Waals surface area contributed by atoms with Crippen molar-refractivity contribution in [3.63, 3.8) is 0 Å². The maximum Gasteiger partial charge on any atom is 0.222 e. The third-order valence-corrected chi connectivity index (χ3v) is 13.4. The lowest BCUT2D eigenvalue weighted by Crippen LogP contribution is -2.58. The lowest BCUT2D eigenvalue weighted by molar-refractivity contribution is -0.175. The Morgan fingerprint density at radius 3 is 2.51 bits per heavy atom. The first-order valence-corrected chi connectivity index (χ1v) is 16.7. The molecule has 6 rings (SSSR count). The molecule has 6 nitrogen and oxygen atoms in total. The molecule has 5 aliphatic rings. The van der Waals surface area contributed by atoms with Gasteiger partial charge in [-0.3, -0.25) is 4.79 Å². The van der Waals surface area contributed by atoms with Crippen LogP contribution < -0.4 is 9.64 Å². The van der Waals surface area contributed by atoms with Crippen LogP contribution in [0.1, 0.15) is 85.0 Å². The van der Waals surface area contributed by atoms with Crippen LogP contribution in [0.15, 0.2) is 24.3 Å². The van der Waals surface area contributed by atoms with Gasteiger partial charge in [0.1, 0.15) is 5.75 Å². The van der Waals surface area contributed by atoms with E-state index >= 15 is 0 Å². The lowest BCUT2D eigenvalue weighted by atomic mass is 9.43. The topological polar surface area (TPSA) is 73.2 Å². The van der Waals surface area contributed by atoms with Crippen molar-refractivity contribution >= 4 is 11.6 Å². The van der Waals surface area contributed by atoms with Gasteiger partial charge in [0, 0.05) is 32.6 Å². The molecule has 6 heteroatoms. The summed E-state index contributed by atoms with van der Waals surface area (Å²) in [5.74, 6) is 4.59. The molecule has 4 saturated carbocycles. The average molecular weight is 567 g/mol. The molecule has 4 aliphatic carbocycles. The molecular formula is C35H54N2O4. The normalized spacial score (nSPS) is 41.3. The number of hydrogen-bond donors (Lipinski definition) is 2. The van der Waals surface area contributed by atoms with E-state index in [0.717, 1.165) is 69.7 Å². The Kier molecular flexibility index (Phi) is 8.12. The number of piperazine rings is 1. The van der Waals surface area contributed by atoms with Crippen LogP contribution >= 0.6 is 0 Å². The number of carbonyl (C=O) groups is 1. The molecule has 228 valence electrons. The molecule has 2 N–H and O–H groups in total. The molecule has 1 saturated heterocycles. The summed E-state index contributed by atoms with van der Waals surface area (Å²) in [6.45, 7) is 10.4. The van der Waals surface area contributed by atoms with E-state index in [1.54, 1.807) is 7.11 Å². The number of nitrogens with zero attached hydrogens (tertiary/aromatic N) is 2. The molecule has 1 heterocycles. The van der Waals surface area contributed by atoms with E-state index in [9.17, 15) is 15.0 Å². The Labute approximate surface area is 247 Å². The molecule has 1 aromatic carbocycles. The van der Waals surface area contributed by atoms with E-state index in [4.69, 9.17) is 4.74 Å². The molecule has 0 radical (unpaired) electrons. The zero-order chi connectivity index (χ0) is 28.9. The SMILES string of the molecule is COc1ccccc1N1CCN(C(=O)CC[C@@H](C)[C@@H]2CC[C@@H]3[C@@H]4CC[C@H]5C[C@H](O)CC[C@]5(C)[C@@H]4C[C@H](O)[C@@]32C)CC1. The maximum absolute atomic E-state index is 13.3. The second kappa shape index (κ2) is 11.4. The van der Waals surface area contributed by atoms with Gasteiger partial charge in [-0.2, -0.15) is 0 Å². The van der Waals surface area contributed by atoms with E-state index in [2.05, 4.69) is 36.6 Å². The summed E-state index contributed by atoms with van der Waals surface area (Å²) < 4.78 is 5.55. The van der Waals surface area contributed by atoms with Crippen molar-refractivity contribution in [2.24, 2.45) is 46.3 Å². The van der Waals surface area contributed by atoms with Crippen molar-refractivity contribution < 1.29 is 19.7 Å². The van der Waals surface area contributed by atoms with Crippen LogP contribution in [0.25, 0.3) is 0 Å². The predicted molar refractivity (Wildman–Crippen MR) is 163 cm³/mol. The fraction of sp³-hybridized carbons (Fsp3) is 0.800. The van der Waals surface area contributed by atoms with Crippen molar-refractivity contribution in [1.82, 2.24) is 4.90 Å². The first kappa shape index (κ1) is 29.3. The number of fused-ring (bicyclic) bond motifs is 5. The molecule has 10 atom stereocenters. The molecular weight excluding hydrogens is 512 g/mol. The summed E-state index contributed by atoms with van der Waals surface area (Å²) in [5.41, 5.74) is 1.34. The first-order valence-electron chi connectivity index (χ1n) is 16.7. The summed E-state index contributed by atoms with van der Waals surface area (Å²) in [4.78, 5) is 17.7. The minimum atomic E-state index is -0.259. The van der Waals surface area contributed by atoms with Crippen LogP contribution in [0, 0.1) is 46.3 Å². The number of para-hydroxylation sites is 2. The van der Waals surface area contributed by atoms with E-state index in [0.29, 0.717) is 41.9 Å². The Bertz CT molecular complexity index is 1090. The van der Waals surface area contributed by atoms with Crippen molar-refractivity contribution in [2.75, 3.05) is 38.2 Å². The third-order valence-electron chi connectivity index (χ3n) is 13.4. The van der Waals surface area contributed by atoms with E-state index in [1.807, 2.05) is 18.2 Å². The van der Waals surface area contributed by atoms with Gasteiger partial charge >= 0.3 is 0 Å². The Morgan fingerprint density at radius 2 is 1.76 bits per heavy atom. The van der Waals surface area contributed by atoms with Gasteiger partial charge in [-0.15, -0.1) is 0 Å². The fourth-order valence-corrected chi connectivity index (χ4v) is 11.0. The third kappa shape index (κ3) is 4.99. The highest BCUT2D eigenvalue weighted by molar-refractivity contribution is 5.76. The van der Waals surface area contributed by atoms with Crippen molar-refractivity contribution in [3.8, 4) is 5.75 Å². The quantitative estimate of drug-likeness (QED) is 0.459. The van der Waals surface area contributed by atoms with Crippen molar-refractivity contribution in [2.45, 2.75) is 97.2 Å². The first-order chi connectivity index (χ1) is 19.7. The number of benzene rings is 1. The summed E-state index contributed by atoms with van der Waals surface area (Å²) in [6.07, 6.45) is 10.0. The van der Waals surface area contributed by atoms with Gasteiger partial charge in [0.25, 0.3) is 0 Å². The Balaban J connectivity index is 1.05. The smallest absolute Gasteiger partial charge is 0.222 e. The zero-order valence-electron chi connectivity index (χ0n) is 25.9. The van der Waals surface area contributed by atoms with Gasteiger partial charge in [-0.25, -0.2) is 0 Å². The number of aliphatic hydroxyl groups is 2. The van der Waals surface area contributed by atoms with Crippen LogP contribution in [0.3, 0.4) is 0 Å². The largest absolute Gasteiger partial charge is 0.495 e. The van der Waals surface area contributed by atoms with Gasteiger partial charge in [0.05, 0.1) is 25.0 Å². The number of aliphatic hydroxyl groups excluding tert-OH is 2. The summed E-state index contributed by atoms with van der Waals surface area (Å²) >= 11 is 0. The van der Waals surface area contributed by atoms with Crippen LogP contribution in [-0.4, -0.2) is 66.5 Å². The zero-order valence-corrected chi connectivity index (χ0v) is 25.9. The minimum Gasteiger partial charge on any atom is -0.495 e. The monoisotopic (exact) mass is 566 g/mol. The van der Waals surface area contributed by atoms with E-state index in [-0.39, 0.29) is 28.9 Å². The van der Waals surface area contributed by atoms with Crippen LogP contribution in [-0.2, 0) is 4.79 Å². The Morgan fingerprint density at radius 1 is 1.00 bits per heavy atom. The highest BCUT2D eigenvalue weighted by atomic mass is 16.5. The predicted octanol–water partition coefficient (Wildman–Crippen LogP) is 5.75. The minimum absolute atomic E-state index is 0.0403. The fourth-order valence-electron chi connectivity index (χ4n) is 11.0. The molecule has 41 heavy (non-hydrogen) atoms. The summed E-state index contributed by atoms with van der Waals surface area (Å²) in [7, 11) is 1.71. The van der Waals surface area contributed by atoms with E-state index < -0.39 is 0 Å². The van der Waals surface area contributed by atoms with Crippen molar-refractivity contribution in [3.05, 3.63) is 24.3 Å². The van der Waals surface area contributed by atoms with Crippen LogP contribution in [0.2, 0.25) is 0 Å². The summed E-state index contributed by atoms with van der Waals surface area (Å²) in [5, 5.41) is 22.2. The highest BCUT2D eigenvalue weighted by Gasteiger charge is 2.63. The van der Waals surface area contributed by atoms with Gasteiger partial charge in [0.2, 0.25) is 5.91 Å². The van der Waals surface area contributed by atoms with Gasteiger partial charge < -0.3 is 24.7 Å². The number of methoxy groups -OCH3 is 1. The highest BCUT2D eigenvalue weighted by Crippen LogP contribution is 2.68. The molecule has 5 fully saturated rings. The number of amides is 1. The standard InChI is InChI=1S/C35H54N2O4/c1-23(9-14-33(40)37-19-17-36(18-20-37)30-7-5-6-8-31(30)41-4)27-12-13-28-26-11-10-24-21-25(38)15-16-34(24,2)29(26)22-32(39)35(27,28)3/h5-8,23-29,32,38-39H,9-22H2,1-4H3/t23-,24+,25-,26+,27+,28-,29-,32+,34+,35-/m1/s1. The average Bonchev–Trinajstić information content (AvgIpc) is 3.35. The number of hydrogen-bond acceptors (Lipinski definition) is 5. The maximum atomic E-state index is 13.3. The van der Waals surface area contributed by atoms with Gasteiger partial charge in [-0.05, 0) is 116 Å². The molecule has 1 aliphatic heterocycles. The van der Waals surface area contributed by atoms with Gasteiger partial charge in [0.15, 0.2) is 0 Å². The number of anilines is 1. The number of rotatable bonds is 6. The molecule has 0 bridgehead atoms. The number of ether oxygens (including phenoxy) is 1. The van der Waals surface area contributed by atoms with E-state index in [1.165, 1.54) is 25.7 Å². The second-order valence-electron chi connectivity index (χ2n) is 14.9.